The van der Waals surface area contributed by atoms with Gasteiger partial charge in [0, 0.05) is 6.20 Å². The topological polar surface area (TPSA) is 43.1 Å². The van der Waals surface area contributed by atoms with Crippen LogP contribution in [0.15, 0.2) is 34.5 Å². The van der Waals surface area contributed by atoms with Gasteiger partial charge in [0.05, 0.1) is 16.7 Å². The fourth-order valence-corrected chi connectivity index (χ4v) is 1.42. The summed E-state index contributed by atoms with van der Waals surface area (Å²) >= 11 is 1.31. The summed E-state index contributed by atoms with van der Waals surface area (Å²) in [7, 11) is 0. The monoisotopic (exact) mass is 179 g/mol. The standard InChI is InChI=1S/C8H5NO2S/c10-8(6-2-1-3-11-6)7-4-9-5-12-7/h1-5H. The lowest BCUT2D eigenvalue weighted by Gasteiger charge is -1.88. The quantitative estimate of drug-likeness (QED) is 0.662. The van der Waals surface area contributed by atoms with Gasteiger partial charge in [0.1, 0.15) is 0 Å². The van der Waals surface area contributed by atoms with Gasteiger partial charge in [-0.05, 0) is 12.1 Å². The molecule has 0 spiro atoms. The van der Waals surface area contributed by atoms with Crippen molar-refractivity contribution in [2.45, 2.75) is 0 Å². The maximum absolute atomic E-state index is 11.4. The van der Waals surface area contributed by atoms with E-state index in [1.54, 1.807) is 17.6 Å². The number of aromatic nitrogens is 1. The van der Waals surface area contributed by atoms with Gasteiger partial charge < -0.3 is 4.42 Å². The molecule has 0 unspecified atom stereocenters. The van der Waals surface area contributed by atoms with Gasteiger partial charge in [-0.2, -0.15) is 0 Å². The molecule has 4 heteroatoms. The summed E-state index contributed by atoms with van der Waals surface area (Å²) in [4.78, 5) is 15.9. The molecule has 0 aliphatic carbocycles. The molecule has 0 aliphatic heterocycles. The molecule has 2 aromatic rings. The third kappa shape index (κ3) is 1.16. The molecule has 0 amide bonds. The van der Waals surface area contributed by atoms with Crippen molar-refractivity contribution >= 4 is 17.1 Å². The first-order chi connectivity index (χ1) is 5.88. The van der Waals surface area contributed by atoms with Crippen molar-refractivity contribution in [1.29, 1.82) is 0 Å². The average Bonchev–Trinajstić information content (AvgIpc) is 2.77. The fourth-order valence-electron chi connectivity index (χ4n) is 0.857. The van der Waals surface area contributed by atoms with Gasteiger partial charge in [0.15, 0.2) is 5.76 Å². The highest BCUT2D eigenvalue weighted by Crippen LogP contribution is 2.13. The normalized spacial score (nSPS) is 10.0. The van der Waals surface area contributed by atoms with E-state index in [1.165, 1.54) is 23.8 Å². The first kappa shape index (κ1) is 7.24. The van der Waals surface area contributed by atoms with E-state index in [1.807, 2.05) is 0 Å². The van der Waals surface area contributed by atoms with Crippen molar-refractivity contribution < 1.29 is 9.21 Å². The van der Waals surface area contributed by atoms with Crippen molar-refractivity contribution in [1.82, 2.24) is 4.98 Å². The van der Waals surface area contributed by atoms with Gasteiger partial charge in [-0.1, -0.05) is 0 Å². The Morgan fingerprint density at radius 3 is 3.08 bits per heavy atom. The average molecular weight is 179 g/mol. The number of hydrogen-bond donors (Lipinski definition) is 0. The highest BCUT2D eigenvalue weighted by molar-refractivity contribution is 7.11. The Morgan fingerprint density at radius 2 is 2.50 bits per heavy atom. The number of hydrogen-bond acceptors (Lipinski definition) is 4. The van der Waals surface area contributed by atoms with Crippen LogP contribution in [0.4, 0.5) is 0 Å². The zero-order chi connectivity index (χ0) is 8.39. The first-order valence-corrected chi connectivity index (χ1v) is 4.22. The second-order valence-electron chi connectivity index (χ2n) is 2.17. The van der Waals surface area contributed by atoms with Gasteiger partial charge in [-0.15, -0.1) is 11.3 Å². The molecule has 0 bridgehead atoms. The third-order valence-electron chi connectivity index (χ3n) is 1.40. The number of nitrogens with zero attached hydrogens (tertiary/aromatic N) is 1. The van der Waals surface area contributed by atoms with Crippen LogP contribution in [0.25, 0.3) is 0 Å². The molecule has 2 heterocycles. The lowest BCUT2D eigenvalue weighted by molar-refractivity contribution is 0.101. The minimum absolute atomic E-state index is 0.109. The largest absolute Gasteiger partial charge is 0.461 e. The van der Waals surface area contributed by atoms with E-state index in [9.17, 15) is 4.79 Å². The Kier molecular flexibility index (Phi) is 1.75. The molecule has 0 radical (unpaired) electrons. The number of rotatable bonds is 2. The number of thiazole rings is 1. The zero-order valence-electron chi connectivity index (χ0n) is 6.06. The summed E-state index contributed by atoms with van der Waals surface area (Å²) in [6.07, 6.45) is 3.02. The fraction of sp³-hybridized carbons (Fsp3) is 0. The molecular formula is C8H5NO2S. The molecule has 0 N–H and O–H groups in total. The van der Waals surface area contributed by atoms with Crippen molar-refractivity contribution in [3.05, 3.63) is 40.7 Å². The number of ketones is 1. The van der Waals surface area contributed by atoms with E-state index in [-0.39, 0.29) is 5.78 Å². The van der Waals surface area contributed by atoms with E-state index >= 15 is 0 Å². The predicted octanol–water partition coefficient (Wildman–Crippen LogP) is 1.97. The van der Waals surface area contributed by atoms with Crippen LogP contribution in [-0.4, -0.2) is 10.8 Å². The van der Waals surface area contributed by atoms with Crippen LogP contribution in [0.5, 0.6) is 0 Å². The van der Waals surface area contributed by atoms with Gasteiger partial charge in [0.2, 0.25) is 5.78 Å². The highest BCUT2D eigenvalue weighted by atomic mass is 32.1. The summed E-state index contributed by atoms with van der Waals surface area (Å²) in [5.41, 5.74) is 1.62. The molecule has 0 aliphatic rings. The van der Waals surface area contributed by atoms with Gasteiger partial charge in [-0.25, -0.2) is 0 Å². The molecule has 0 aromatic carbocycles. The molecule has 0 fully saturated rings. The predicted molar refractivity (Wildman–Crippen MR) is 44.3 cm³/mol. The summed E-state index contributed by atoms with van der Waals surface area (Å²) in [6, 6.07) is 3.33. The van der Waals surface area contributed by atoms with E-state index in [0.29, 0.717) is 10.6 Å². The Balaban J connectivity index is 2.34. The molecule has 2 aromatic heterocycles. The van der Waals surface area contributed by atoms with E-state index in [4.69, 9.17) is 4.42 Å². The van der Waals surface area contributed by atoms with Crippen LogP contribution in [0.1, 0.15) is 15.4 Å². The second kappa shape index (κ2) is 2.91. The molecule has 12 heavy (non-hydrogen) atoms. The molecule has 3 nitrogen and oxygen atoms in total. The van der Waals surface area contributed by atoms with Crippen LogP contribution >= 0.6 is 11.3 Å². The van der Waals surface area contributed by atoms with Crippen LogP contribution in [0, 0.1) is 0 Å². The number of carbonyl (C=O) groups is 1. The number of carbonyl (C=O) groups excluding carboxylic acids is 1. The summed E-state index contributed by atoms with van der Waals surface area (Å²) in [6.45, 7) is 0. The molecule has 0 atom stereocenters. The van der Waals surface area contributed by atoms with E-state index in [0.717, 1.165) is 0 Å². The molecule has 2 rings (SSSR count). The minimum atomic E-state index is -0.109. The summed E-state index contributed by atoms with van der Waals surface area (Å²) in [5.74, 6) is 0.252. The first-order valence-electron chi connectivity index (χ1n) is 3.34. The summed E-state index contributed by atoms with van der Waals surface area (Å²) < 4.78 is 4.95. The third-order valence-corrected chi connectivity index (χ3v) is 2.17. The van der Waals surface area contributed by atoms with Crippen molar-refractivity contribution in [2.24, 2.45) is 0 Å². The smallest absolute Gasteiger partial charge is 0.239 e. The van der Waals surface area contributed by atoms with Gasteiger partial charge in [0.25, 0.3) is 0 Å². The van der Waals surface area contributed by atoms with Crippen LogP contribution in [0.3, 0.4) is 0 Å². The molecule has 0 saturated carbocycles. The van der Waals surface area contributed by atoms with Crippen LogP contribution in [0.2, 0.25) is 0 Å². The maximum Gasteiger partial charge on any atom is 0.239 e. The maximum atomic E-state index is 11.4. The van der Waals surface area contributed by atoms with E-state index in [2.05, 4.69) is 4.98 Å². The Morgan fingerprint density at radius 1 is 1.58 bits per heavy atom. The van der Waals surface area contributed by atoms with Gasteiger partial charge >= 0.3 is 0 Å². The minimum Gasteiger partial charge on any atom is -0.461 e. The lowest BCUT2D eigenvalue weighted by Crippen LogP contribution is -1.95. The zero-order valence-corrected chi connectivity index (χ0v) is 6.88. The molecular weight excluding hydrogens is 174 g/mol. The molecule has 60 valence electrons. The SMILES string of the molecule is O=C(c1ccco1)c1cncs1. The van der Waals surface area contributed by atoms with Gasteiger partial charge in [-0.3, -0.25) is 9.78 Å². The Hall–Kier alpha value is -1.42. The van der Waals surface area contributed by atoms with E-state index < -0.39 is 0 Å². The number of furan rings is 1. The lowest BCUT2D eigenvalue weighted by atomic mass is 10.3. The van der Waals surface area contributed by atoms with Crippen molar-refractivity contribution in [2.75, 3.05) is 0 Å². The highest BCUT2D eigenvalue weighted by Gasteiger charge is 2.12. The Labute approximate surface area is 72.7 Å². The molecule has 0 saturated heterocycles. The van der Waals surface area contributed by atoms with Crippen LogP contribution in [-0.2, 0) is 0 Å². The Bertz CT molecular complexity index is 327. The second-order valence-corrected chi connectivity index (χ2v) is 3.06. The van der Waals surface area contributed by atoms with Crippen LogP contribution < -0.4 is 0 Å². The van der Waals surface area contributed by atoms with Crippen molar-refractivity contribution in [3.63, 3.8) is 0 Å². The summed E-state index contributed by atoms with van der Waals surface area (Å²) in [5, 5.41) is 0. The van der Waals surface area contributed by atoms with Crippen molar-refractivity contribution in [3.8, 4) is 0 Å².